The van der Waals surface area contributed by atoms with Crippen molar-refractivity contribution in [1.82, 2.24) is 15.3 Å². The summed E-state index contributed by atoms with van der Waals surface area (Å²) in [6.07, 6.45) is 1.76. The van der Waals surface area contributed by atoms with Crippen LogP contribution in [0.15, 0.2) is 10.7 Å². The van der Waals surface area contributed by atoms with Gasteiger partial charge >= 0.3 is 0 Å². The number of rotatable bonds is 2. The van der Waals surface area contributed by atoms with Crippen LogP contribution in [-0.4, -0.2) is 43.3 Å². The first-order chi connectivity index (χ1) is 8.28. The zero-order valence-corrected chi connectivity index (χ0v) is 11.3. The largest absolute Gasteiger partial charge is 0.480 e. The predicted octanol–water partition coefficient (Wildman–Crippen LogP) is 0.903. The maximum absolute atomic E-state index is 5.20. The minimum atomic E-state index is 0.602. The van der Waals surface area contributed by atoms with E-state index in [0.717, 1.165) is 48.4 Å². The highest BCUT2D eigenvalue weighted by Crippen LogP contribution is 2.30. The molecular weight excluding hydrogens is 284 g/mol. The third kappa shape index (κ3) is 1.99. The van der Waals surface area contributed by atoms with Crippen molar-refractivity contribution >= 4 is 21.9 Å². The average Bonchev–Trinajstić information content (AvgIpc) is 2.90. The first-order valence-corrected chi connectivity index (χ1v) is 6.59. The second-order valence-corrected chi connectivity index (χ2v) is 5.46. The van der Waals surface area contributed by atoms with Crippen LogP contribution in [-0.2, 0) is 0 Å². The standard InChI is InChI=1S/C11H15BrN4O/c1-17-10-9(12)4-14-11(15-10)16-5-7-2-13-3-8(7)6-16/h4,7-8,13H,2-3,5-6H2,1H3/t7-,8+. The highest BCUT2D eigenvalue weighted by atomic mass is 79.9. The molecule has 0 amide bonds. The van der Waals surface area contributed by atoms with Gasteiger partial charge in [0.2, 0.25) is 11.8 Å². The van der Waals surface area contributed by atoms with Crippen molar-refractivity contribution in [2.24, 2.45) is 11.8 Å². The third-order valence-electron chi connectivity index (χ3n) is 3.56. The topological polar surface area (TPSA) is 50.3 Å². The maximum Gasteiger partial charge on any atom is 0.232 e. The molecular formula is C11H15BrN4O. The fourth-order valence-corrected chi connectivity index (χ4v) is 3.01. The summed E-state index contributed by atoms with van der Waals surface area (Å²) in [6.45, 7) is 4.33. The van der Waals surface area contributed by atoms with Gasteiger partial charge in [-0.1, -0.05) is 0 Å². The Hall–Kier alpha value is -0.880. The average molecular weight is 299 g/mol. The molecule has 3 heterocycles. The van der Waals surface area contributed by atoms with E-state index in [4.69, 9.17) is 4.74 Å². The molecule has 2 fully saturated rings. The Morgan fingerprint density at radius 1 is 1.41 bits per heavy atom. The summed E-state index contributed by atoms with van der Waals surface area (Å²) in [6, 6.07) is 0. The molecule has 92 valence electrons. The number of methoxy groups -OCH3 is 1. The quantitative estimate of drug-likeness (QED) is 0.879. The van der Waals surface area contributed by atoms with Crippen LogP contribution in [0.5, 0.6) is 5.88 Å². The van der Waals surface area contributed by atoms with Crippen LogP contribution in [0.2, 0.25) is 0 Å². The van der Waals surface area contributed by atoms with E-state index in [2.05, 4.69) is 36.1 Å². The molecule has 0 saturated carbocycles. The zero-order chi connectivity index (χ0) is 11.8. The molecule has 2 aliphatic heterocycles. The lowest BCUT2D eigenvalue weighted by Crippen LogP contribution is -2.27. The molecule has 1 aromatic rings. The van der Waals surface area contributed by atoms with Crippen LogP contribution in [0.25, 0.3) is 0 Å². The van der Waals surface area contributed by atoms with E-state index in [1.807, 2.05) is 0 Å². The van der Waals surface area contributed by atoms with Crippen molar-refractivity contribution in [1.29, 1.82) is 0 Å². The van der Waals surface area contributed by atoms with Crippen molar-refractivity contribution in [3.8, 4) is 5.88 Å². The van der Waals surface area contributed by atoms with Gasteiger partial charge in [-0.3, -0.25) is 0 Å². The van der Waals surface area contributed by atoms with Crippen LogP contribution in [0.3, 0.4) is 0 Å². The zero-order valence-electron chi connectivity index (χ0n) is 9.69. The van der Waals surface area contributed by atoms with Crippen LogP contribution in [0.1, 0.15) is 0 Å². The number of nitrogens with zero attached hydrogens (tertiary/aromatic N) is 3. The van der Waals surface area contributed by atoms with E-state index >= 15 is 0 Å². The number of fused-ring (bicyclic) bond motifs is 1. The van der Waals surface area contributed by atoms with Crippen LogP contribution in [0.4, 0.5) is 5.95 Å². The molecule has 0 radical (unpaired) electrons. The minimum Gasteiger partial charge on any atom is -0.480 e. The molecule has 1 N–H and O–H groups in total. The summed E-state index contributed by atoms with van der Waals surface area (Å²) in [5.41, 5.74) is 0. The first kappa shape index (κ1) is 11.2. The van der Waals surface area contributed by atoms with Crippen molar-refractivity contribution in [3.63, 3.8) is 0 Å². The van der Waals surface area contributed by atoms with E-state index in [1.165, 1.54) is 0 Å². The summed E-state index contributed by atoms with van der Waals surface area (Å²) in [4.78, 5) is 11.0. The Kier molecular flexibility index (Phi) is 2.92. The monoisotopic (exact) mass is 298 g/mol. The van der Waals surface area contributed by atoms with Gasteiger partial charge in [0.05, 0.1) is 17.8 Å². The molecule has 6 heteroatoms. The second-order valence-electron chi connectivity index (χ2n) is 4.61. The van der Waals surface area contributed by atoms with Gasteiger partial charge in [0.15, 0.2) is 0 Å². The molecule has 5 nitrogen and oxygen atoms in total. The summed E-state index contributed by atoms with van der Waals surface area (Å²) in [7, 11) is 1.62. The van der Waals surface area contributed by atoms with E-state index in [1.54, 1.807) is 13.3 Å². The minimum absolute atomic E-state index is 0.602. The molecule has 0 aromatic carbocycles. The van der Waals surface area contributed by atoms with Crippen LogP contribution < -0.4 is 15.0 Å². The first-order valence-electron chi connectivity index (χ1n) is 5.80. The normalized spacial score (nSPS) is 27.3. The van der Waals surface area contributed by atoms with Crippen LogP contribution in [0, 0.1) is 11.8 Å². The molecule has 0 bridgehead atoms. The maximum atomic E-state index is 5.20. The number of ether oxygens (including phenoxy) is 1. The Balaban J connectivity index is 1.81. The molecule has 17 heavy (non-hydrogen) atoms. The summed E-state index contributed by atoms with van der Waals surface area (Å²) in [5.74, 6) is 2.87. The van der Waals surface area contributed by atoms with Gasteiger partial charge in [-0.2, -0.15) is 4.98 Å². The lowest BCUT2D eigenvalue weighted by atomic mass is 10.0. The lowest BCUT2D eigenvalue weighted by Gasteiger charge is -2.17. The van der Waals surface area contributed by atoms with Gasteiger partial charge in [0.1, 0.15) is 0 Å². The molecule has 0 aliphatic carbocycles. The molecule has 0 unspecified atom stereocenters. The van der Waals surface area contributed by atoms with Gasteiger partial charge in [-0.15, -0.1) is 0 Å². The van der Waals surface area contributed by atoms with Gasteiger partial charge < -0.3 is 15.0 Å². The van der Waals surface area contributed by atoms with E-state index in [-0.39, 0.29) is 0 Å². The third-order valence-corrected chi connectivity index (χ3v) is 4.11. The number of hydrogen-bond donors (Lipinski definition) is 1. The molecule has 2 aliphatic rings. The van der Waals surface area contributed by atoms with E-state index in [0.29, 0.717) is 5.88 Å². The fourth-order valence-electron chi connectivity index (χ4n) is 2.66. The second kappa shape index (κ2) is 4.42. The molecule has 3 rings (SSSR count). The summed E-state index contributed by atoms with van der Waals surface area (Å²) >= 11 is 3.37. The molecule has 2 saturated heterocycles. The smallest absolute Gasteiger partial charge is 0.232 e. The van der Waals surface area contributed by atoms with Gasteiger partial charge in [-0.05, 0) is 27.8 Å². The van der Waals surface area contributed by atoms with Crippen molar-refractivity contribution in [3.05, 3.63) is 10.7 Å². The van der Waals surface area contributed by atoms with Gasteiger partial charge in [0, 0.05) is 26.2 Å². The molecule has 2 atom stereocenters. The van der Waals surface area contributed by atoms with Crippen LogP contribution >= 0.6 is 15.9 Å². The SMILES string of the molecule is COc1nc(N2C[C@H]3CNC[C@H]3C2)ncc1Br. The highest BCUT2D eigenvalue weighted by molar-refractivity contribution is 9.10. The molecule has 0 spiro atoms. The Morgan fingerprint density at radius 3 is 2.76 bits per heavy atom. The Morgan fingerprint density at radius 2 is 2.12 bits per heavy atom. The predicted molar refractivity (Wildman–Crippen MR) is 68.3 cm³/mol. The number of halogens is 1. The van der Waals surface area contributed by atoms with Crippen molar-refractivity contribution in [2.75, 3.05) is 38.2 Å². The number of nitrogens with one attached hydrogen (secondary N) is 1. The van der Waals surface area contributed by atoms with Crippen molar-refractivity contribution in [2.45, 2.75) is 0 Å². The van der Waals surface area contributed by atoms with E-state index < -0.39 is 0 Å². The van der Waals surface area contributed by atoms with Gasteiger partial charge in [-0.25, -0.2) is 4.98 Å². The fraction of sp³-hybridized carbons (Fsp3) is 0.636. The highest BCUT2D eigenvalue weighted by Gasteiger charge is 2.37. The number of hydrogen-bond acceptors (Lipinski definition) is 5. The van der Waals surface area contributed by atoms with E-state index in [9.17, 15) is 0 Å². The lowest BCUT2D eigenvalue weighted by molar-refractivity contribution is 0.394. The summed E-state index contributed by atoms with van der Waals surface area (Å²) in [5, 5.41) is 3.43. The summed E-state index contributed by atoms with van der Waals surface area (Å²) < 4.78 is 6.00. The molecule has 1 aromatic heterocycles. The van der Waals surface area contributed by atoms with Gasteiger partial charge in [0.25, 0.3) is 0 Å². The number of aromatic nitrogens is 2. The number of anilines is 1. The van der Waals surface area contributed by atoms with Crippen molar-refractivity contribution < 1.29 is 4.74 Å². The Labute approximate surface area is 109 Å². The Bertz CT molecular complexity index is 416.